The average molecular weight is 727 g/mol. The minimum absolute atomic E-state index is 0.653. The molecule has 11 aromatic rings. The molecule has 0 saturated carbocycles. The van der Waals surface area contributed by atoms with Crippen molar-refractivity contribution in [1.29, 1.82) is 0 Å². The van der Waals surface area contributed by atoms with Gasteiger partial charge in [0.25, 0.3) is 0 Å². The summed E-state index contributed by atoms with van der Waals surface area (Å²) in [6.45, 7) is 0. The van der Waals surface area contributed by atoms with Gasteiger partial charge in [-0.05, 0) is 74.1 Å². The average Bonchev–Trinajstić information content (AvgIpc) is 3.64. The van der Waals surface area contributed by atoms with Crippen LogP contribution in [0.3, 0.4) is 0 Å². The van der Waals surface area contributed by atoms with E-state index in [0.717, 1.165) is 56.5 Å². The Hall–Kier alpha value is -7.43. The molecule has 0 bridgehead atoms. The van der Waals surface area contributed by atoms with Crippen LogP contribution in [-0.4, -0.2) is 19.5 Å². The summed E-state index contributed by atoms with van der Waals surface area (Å²) in [5, 5.41) is 14.2. The van der Waals surface area contributed by atoms with E-state index in [-0.39, 0.29) is 0 Å². The van der Waals surface area contributed by atoms with Crippen LogP contribution in [0, 0.1) is 0 Å². The Morgan fingerprint density at radius 2 is 0.930 bits per heavy atom. The van der Waals surface area contributed by atoms with Gasteiger partial charge in [-0.1, -0.05) is 164 Å². The van der Waals surface area contributed by atoms with Crippen molar-refractivity contribution in [3.63, 3.8) is 0 Å². The first-order chi connectivity index (χ1) is 28.3. The van der Waals surface area contributed by atoms with E-state index in [1.54, 1.807) is 0 Å². The monoisotopic (exact) mass is 726 g/mol. The second-order valence-corrected chi connectivity index (χ2v) is 15.0. The van der Waals surface area contributed by atoms with Gasteiger partial charge in [0.1, 0.15) is 0 Å². The maximum Gasteiger partial charge on any atom is 0.164 e. The van der Waals surface area contributed by atoms with Gasteiger partial charge < -0.3 is 4.57 Å². The van der Waals surface area contributed by atoms with E-state index in [1.807, 2.05) is 0 Å². The summed E-state index contributed by atoms with van der Waals surface area (Å²) in [7, 11) is 0. The lowest BCUT2D eigenvalue weighted by molar-refractivity contribution is 0.980. The molecule has 0 unspecified atom stereocenters. The minimum Gasteiger partial charge on any atom is -0.312 e. The van der Waals surface area contributed by atoms with E-state index in [4.69, 9.17) is 15.0 Å². The van der Waals surface area contributed by atoms with Crippen LogP contribution in [0.5, 0.6) is 0 Å². The second kappa shape index (κ2) is 12.6. The molecule has 0 saturated heterocycles. The number of aromatic nitrogens is 4. The molecule has 0 radical (unpaired) electrons. The molecule has 9 aromatic carbocycles. The predicted octanol–water partition coefficient (Wildman–Crippen LogP) is 13.9. The van der Waals surface area contributed by atoms with Gasteiger partial charge in [0.2, 0.25) is 0 Å². The maximum atomic E-state index is 5.40. The molecule has 0 N–H and O–H groups in total. The van der Waals surface area contributed by atoms with Crippen LogP contribution in [-0.2, 0) is 0 Å². The number of allylic oxidation sites excluding steroid dienone is 4. The van der Waals surface area contributed by atoms with Crippen LogP contribution >= 0.6 is 0 Å². The molecular weight excluding hydrogens is 693 g/mol. The zero-order valence-electron chi connectivity index (χ0n) is 31.0. The number of hydrogen-bond donors (Lipinski definition) is 0. The molecular formula is C53H34N4. The molecule has 0 amide bonds. The fraction of sp³-hybridized carbons (Fsp3) is 0.0377. The Morgan fingerprint density at radius 3 is 1.58 bits per heavy atom. The Balaban J connectivity index is 1.23. The molecule has 12 rings (SSSR count). The van der Waals surface area contributed by atoms with Crippen molar-refractivity contribution < 1.29 is 0 Å². The third kappa shape index (κ3) is 4.84. The van der Waals surface area contributed by atoms with Crippen molar-refractivity contribution in [1.82, 2.24) is 19.5 Å². The van der Waals surface area contributed by atoms with Gasteiger partial charge in [-0.25, -0.2) is 15.0 Å². The standard InChI is InChI=1S/C53H34N4/c1-2-20-35(21-3-1)57-47-31-13-12-28-44(47)49-48-40-26-10-8-24-38(40)46(32-45(48)39-25-9-11-27-41(39)50(49)57)53-55-51(42-29-14-18-33-16-4-6-22-36(33)42)54-52(56-53)43-30-15-19-34-17-5-7-23-37(34)43/h1-2,4-20,22-32H,3,21H2. The lowest BCUT2D eigenvalue weighted by atomic mass is 9.90. The van der Waals surface area contributed by atoms with E-state index >= 15 is 0 Å². The highest BCUT2D eigenvalue weighted by molar-refractivity contribution is 6.38. The van der Waals surface area contributed by atoms with Gasteiger partial charge in [0, 0.05) is 43.9 Å². The van der Waals surface area contributed by atoms with Crippen LogP contribution in [0.4, 0.5) is 0 Å². The number of fused-ring (bicyclic) bond motifs is 12. The van der Waals surface area contributed by atoms with Crippen molar-refractivity contribution in [3.05, 3.63) is 182 Å². The van der Waals surface area contributed by atoms with E-state index in [9.17, 15) is 0 Å². The normalized spacial score (nSPS) is 13.2. The lowest BCUT2D eigenvalue weighted by Gasteiger charge is -2.18. The Kier molecular flexibility index (Phi) is 7.02. The van der Waals surface area contributed by atoms with Crippen LogP contribution in [0.2, 0.25) is 0 Å². The highest BCUT2D eigenvalue weighted by atomic mass is 15.0. The van der Waals surface area contributed by atoms with Crippen LogP contribution < -0.4 is 0 Å². The fourth-order valence-electron chi connectivity index (χ4n) is 9.37. The van der Waals surface area contributed by atoms with Crippen molar-refractivity contribution in [3.8, 4) is 34.2 Å². The molecule has 4 heteroatoms. The van der Waals surface area contributed by atoms with Gasteiger partial charge in [0.05, 0.1) is 11.0 Å². The fourth-order valence-corrected chi connectivity index (χ4v) is 9.37. The number of benzene rings is 9. The summed E-state index contributed by atoms with van der Waals surface area (Å²) < 4.78 is 2.53. The highest BCUT2D eigenvalue weighted by Crippen LogP contribution is 2.47. The first-order valence-electron chi connectivity index (χ1n) is 19.7. The van der Waals surface area contributed by atoms with Crippen LogP contribution in [0.15, 0.2) is 182 Å². The minimum atomic E-state index is 0.653. The third-order valence-corrected chi connectivity index (χ3v) is 11.9. The van der Waals surface area contributed by atoms with Gasteiger partial charge in [-0.3, -0.25) is 0 Å². The number of rotatable bonds is 4. The van der Waals surface area contributed by atoms with Crippen LogP contribution in [0.1, 0.15) is 12.8 Å². The second-order valence-electron chi connectivity index (χ2n) is 15.0. The summed E-state index contributed by atoms with van der Waals surface area (Å²) in [5.41, 5.74) is 6.76. The molecule has 266 valence electrons. The van der Waals surface area contributed by atoms with Crippen molar-refractivity contribution in [2.24, 2.45) is 0 Å². The molecule has 4 nitrogen and oxygen atoms in total. The molecule has 0 atom stereocenters. The van der Waals surface area contributed by atoms with Gasteiger partial charge in [-0.2, -0.15) is 0 Å². The molecule has 2 heterocycles. The molecule has 0 aliphatic heterocycles. The summed E-state index contributed by atoms with van der Waals surface area (Å²) in [5.74, 6) is 1.96. The van der Waals surface area contributed by atoms with Crippen molar-refractivity contribution >= 4 is 81.4 Å². The smallest absolute Gasteiger partial charge is 0.164 e. The highest BCUT2D eigenvalue weighted by Gasteiger charge is 2.24. The van der Waals surface area contributed by atoms with E-state index in [1.165, 1.54) is 54.4 Å². The van der Waals surface area contributed by atoms with E-state index in [0.29, 0.717) is 17.5 Å². The first kappa shape index (κ1) is 31.9. The Morgan fingerprint density at radius 1 is 0.404 bits per heavy atom. The summed E-state index contributed by atoms with van der Waals surface area (Å²) in [6.07, 6.45) is 8.78. The molecule has 2 aromatic heterocycles. The molecule has 57 heavy (non-hydrogen) atoms. The quantitative estimate of drug-likeness (QED) is 0.170. The largest absolute Gasteiger partial charge is 0.312 e. The molecule has 1 aliphatic rings. The van der Waals surface area contributed by atoms with Crippen molar-refractivity contribution in [2.45, 2.75) is 12.8 Å². The molecule has 0 spiro atoms. The number of nitrogens with zero attached hydrogens (tertiary/aromatic N) is 4. The van der Waals surface area contributed by atoms with Gasteiger partial charge in [-0.15, -0.1) is 0 Å². The Labute approximate surface area is 328 Å². The van der Waals surface area contributed by atoms with E-state index in [2.05, 4.69) is 187 Å². The number of para-hydroxylation sites is 1. The summed E-state index contributed by atoms with van der Waals surface area (Å²) >= 11 is 0. The molecule has 1 aliphatic carbocycles. The summed E-state index contributed by atoms with van der Waals surface area (Å²) in [6, 6.07) is 58.7. The zero-order chi connectivity index (χ0) is 37.5. The maximum absolute atomic E-state index is 5.40. The molecule has 0 fully saturated rings. The van der Waals surface area contributed by atoms with Gasteiger partial charge >= 0.3 is 0 Å². The van der Waals surface area contributed by atoms with Gasteiger partial charge in [0.15, 0.2) is 17.5 Å². The topological polar surface area (TPSA) is 43.6 Å². The SMILES string of the molecule is C1=CCCC(n2c3ccccc3c3c4c5ccccc5c(-c5nc(-c6cccc7ccccc67)nc(-c6cccc7ccccc67)n5)cc4c4ccccc4c32)=C1. The zero-order valence-corrected chi connectivity index (χ0v) is 31.0. The summed E-state index contributed by atoms with van der Waals surface area (Å²) in [4.78, 5) is 16.1. The first-order valence-corrected chi connectivity index (χ1v) is 19.7. The third-order valence-electron chi connectivity index (χ3n) is 11.9. The van der Waals surface area contributed by atoms with E-state index < -0.39 is 0 Å². The van der Waals surface area contributed by atoms with Crippen LogP contribution in [0.25, 0.3) is 116 Å². The number of hydrogen-bond acceptors (Lipinski definition) is 3. The predicted molar refractivity (Wildman–Crippen MR) is 239 cm³/mol. The Bertz CT molecular complexity index is 3420. The van der Waals surface area contributed by atoms with Crippen molar-refractivity contribution in [2.75, 3.05) is 0 Å². The lowest BCUT2D eigenvalue weighted by Crippen LogP contribution is -2.02.